The van der Waals surface area contributed by atoms with Crippen LogP contribution in [0.4, 0.5) is 14.4 Å². The Hall–Kier alpha value is -7.03. The van der Waals surface area contributed by atoms with Crippen molar-refractivity contribution in [1.82, 2.24) is 0 Å². The molecule has 0 aliphatic rings. The van der Waals surface area contributed by atoms with Gasteiger partial charge in [0.05, 0.1) is 36.5 Å². The summed E-state index contributed by atoms with van der Waals surface area (Å²) in [6, 6.07) is 22.5. The average molecular weight is 1010 g/mol. The standard InChI is InChI=1S/C52H64O15Si3/c1-11-33-52(34-37-59-49(56)65-62-46(53)40-21-27-43(28-22-40)68(12-2,13-3)14-4,35-38-60-50(57)66-63-47(54)41-23-29-44(30-24-41)69(15-5,16-6)17-7)36-39-61-51(58)67-64-48(55)42-25-31-45(32-26-42)70(18-8,19-9)20-10/h12-13,15-16,18-19,21-32H,2-3,5-6,8-9,11,14,17,20,33-39H2,1,4,7,10H3. The second kappa shape index (κ2) is 27.8. The molecule has 0 heterocycles. The number of carbonyl (C=O) groups excluding carboxylic acids is 6. The van der Waals surface area contributed by atoms with Gasteiger partial charge in [-0.15, -0.1) is 39.5 Å². The smallest absolute Gasteiger partial charge is 0.432 e. The predicted octanol–water partition coefficient (Wildman–Crippen LogP) is 10.1. The molecular weight excluding hydrogens is 949 g/mol. The number of ether oxygens (including phenoxy) is 3. The van der Waals surface area contributed by atoms with E-state index < -0.39 is 66.0 Å². The first-order valence-corrected chi connectivity index (χ1v) is 30.0. The van der Waals surface area contributed by atoms with Crippen LogP contribution in [0.2, 0.25) is 18.1 Å². The Bertz CT molecular complexity index is 2050. The summed E-state index contributed by atoms with van der Waals surface area (Å²) >= 11 is 0. The molecule has 0 aromatic heterocycles. The van der Waals surface area contributed by atoms with Crippen LogP contribution in [0.3, 0.4) is 0 Å². The Labute approximate surface area is 413 Å². The van der Waals surface area contributed by atoms with E-state index in [1.807, 2.05) is 61.9 Å². The third kappa shape index (κ3) is 15.2. The Morgan fingerprint density at radius 3 is 0.843 bits per heavy atom. The summed E-state index contributed by atoms with van der Waals surface area (Å²) in [5.74, 6) is -2.80. The third-order valence-corrected chi connectivity index (χ3v) is 24.9. The van der Waals surface area contributed by atoms with E-state index in [-0.39, 0.29) is 55.8 Å². The molecule has 0 aliphatic carbocycles. The molecule has 0 atom stereocenters. The number of carbonyl (C=O) groups is 6. The summed E-state index contributed by atoms with van der Waals surface area (Å²) in [7, 11) is -6.43. The maximum Gasteiger partial charge on any atom is 0.549 e. The predicted molar refractivity (Wildman–Crippen MR) is 273 cm³/mol. The first-order valence-electron chi connectivity index (χ1n) is 22.9. The van der Waals surface area contributed by atoms with Gasteiger partial charge < -0.3 is 14.2 Å². The quantitative estimate of drug-likeness (QED) is 0.0243. The van der Waals surface area contributed by atoms with Crippen LogP contribution in [0.25, 0.3) is 0 Å². The molecule has 70 heavy (non-hydrogen) atoms. The molecule has 0 amide bonds. The lowest BCUT2D eigenvalue weighted by molar-refractivity contribution is -0.205. The highest BCUT2D eigenvalue weighted by molar-refractivity contribution is 7.00. The molecule has 0 fully saturated rings. The Morgan fingerprint density at radius 2 is 0.643 bits per heavy atom. The zero-order chi connectivity index (χ0) is 51.8. The maximum absolute atomic E-state index is 12.7. The van der Waals surface area contributed by atoms with Crippen LogP contribution in [-0.4, -0.2) is 80.4 Å². The summed E-state index contributed by atoms with van der Waals surface area (Å²) in [4.78, 5) is 104. The van der Waals surface area contributed by atoms with E-state index in [1.165, 1.54) is 0 Å². The zero-order valence-corrected chi connectivity index (χ0v) is 43.5. The van der Waals surface area contributed by atoms with E-state index in [0.717, 1.165) is 33.7 Å². The fourth-order valence-corrected chi connectivity index (χ4v) is 15.2. The van der Waals surface area contributed by atoms with Crippen molar-refractivity contribution < 1.29 is 72.3 Å². The summed E-state index contributed by atoms with van der Waals surface area (Å²) in [5.41, 5.74) is 11.0. The lowest BCUT2D eigenvalue weighted by atomic mass is 9.75. The molecule has 0 spiro atoms. The van der Waals surface area contributed by atoms with E-state index in [0.29, 0.717) is 12.8 Å². The van der Waals surface area contributed by atoms with Gasteiger partial charge in [-0.1, -0.05) is 120 Å². The molecule has 0 N–H and O–H groups in total. The van der Waals surface area contributed by atoms with Crippen LogP contribution >= 0.6 is 0 Å². The number of hydrogen-bond acceptors (Lipinski definition) is 15. The minimum atomic E-state index is -2.14. The van der Waals surface area contributed by atoms with E-state index in [4.69, 9.17) is 28.9 Å². The Morgan fingerprint density at radius 1 is 0.400 bits per heavy atom. The molecule has 3 rings (SSSR count). The normalized spacial score (nSPS) is 11.3. The highest BCUT2D eigenvalue weighted by Crippen LogP contribution is 2.37. The van der Waals surface area contributed by atoms with E-state index in [1.54, 1.807) is 72.8 Å². The van der Waals surface area contributed by atoms with E-state index >= 15 is 0 Å². The van der Waals surface area contributed by atoms with Crippen molar-refractivity contribution in [3.8, 4) is 0 Å². The first kappa shape index (κ1) is 57.3. The van der Waals surface area contributed by atoms with Crippen molar-refractivity contribution in [3.63, 3.8) is 0 Å². The summed E-state index contributed by atoms with van der Waals surface area (Å²) in [6.07, 6.45) is -2.59. The van der Waals surface area contributed by atoms with Crippen molar-refractivity contribution in [1.29, 1.82) is 0 Å². The SMILES string of the molecule is C=C[Si](C=C)(CC)c1ccc(C(=O)OOC(=O)OCCC(CCC)(CCOC(=O)OOC(=O)c2ccc([Si](C=C)(C=C)CC)cc2)CCOC(=O)OOC(=O)c2ccc([Si](C=C)(C=C)CC)cc2)cc1. The highest BCUT2D eigenvalue weighted by atomic mass is 28.3. The largest absolute Gasteiger partial charge is 0.549 e. The summed E-state index contributed by atoms with van der Waals surface area (Å²) in [5, 5.41) is 2.98. The third-order valence-electron chi connectivity index (χ3n) is 12.8. The summed E-state index contributed by atoms with van der Waals surface area (Å²) < 4.78 is 15.7. The first-order chi connectivity index (χ1) is 33.6. The van der Waals surface area contributed by atoms with Crippen LogP contribution < -0.4 is 15.6 Å². The molecule has 374 valence electrons. The van der Waals surface area contributed by atoms with E-state index in [9.17, 15) is 28.8 Å². The molecule has 0 saturated carbocycles. The topological polar surface area (TPSA) is 185 Å². The van der Waals surface area contributed by atoms with Gasteiger partial charge in [0.15, 0.2) is 0 Å². The van der Waals surface area contributed by atoms with Gasteiger partial charge in [0.1, 0.15) is 24.2 Å². The molecule has 0 saturated heterocycles. The van der Waals surface area contributed by atoms with Crippen molar-refractivity contribution >= 4 is 76.2 Å². The minimum Gasteiger partial charge on any atom is -0.432 e. The lowest BCUT2D eigenvalue weighted by Gasteiger charge is -2.33. The van der Waals surface area contributed by atoms with Gasteiger partial charge in [-0.05, 0) is 85.6 Å². The second-order valence-electron chi connectivity index (χ2n) is 16.3. The monoisotopic (exact) mass is 1010 g/mol. The average Bonchev–Trinajstić information content (AvgIpc) is 3.39. The molecule has 0 aliphatic heterocycles. The molecular formula is C52H64O15Si3. The Kier molecular flexibility index (Phi) is 22.8. The fourth-order valence-electron chi connectivity index (χ4n) is 7.95. The minimum absolute atomic E-state index is 0.105. The second-order valence-corrected chi connectivity index (χ2v) is 28.8. The van der Waals surface area contributed by atoms with Gasteiger partial charge >= 0.3 is 36.4 Å². The molecule has 15 nitrogen and oxygen atoms in total. The highest BCUT2D eigenvalue weighted by Gasteiger charge is 2.33. The fraction of sp³-hybridized carbons (Fsp3) is 0.308. The van der Waals surface area contributed by atoms with Crippen LogP contribution in [0.1, 0.15) is 90.9 Å². The molecule has 3 aromatic carbocycles. The van der Waals surface area contributed by atoms with Crippen LogP contribution in [0.15, 0.2) is 146 Å². The van der Waals surface area contributed by atoms with Crippen LogP contribution in [-0.2, 0) is 43.5 Å². The molecule has 0 unspecified atom stereocenters. The van der Waals surface area contributed by atoms with Gasteiger partial charge in [0.25, 0.3) is 0 Å². The maximum atomic E-state index is 12.7. The number of rotatable bonds is 26. The van der Waals surface area contributed by atoms with Crippen molar-refractivity contribution in [2.75, 3.05) is 19.8 Å². The van der Waals surface area contributed by atoms with Gasteiger partial charge in [-0.25, -0.2) is 43.7 Å². The van der Waals surface area contributed by atoms with Gasteiger partial charge in [0.2, 0.25) is 0 Å². The van der Waals surface area contributed by atoms with E-state index in [2.05, 4.69) is 54.1 Å². The van der Waals surface area contributed by atoms with Crippen molar-refractivity contribution in [2.24, 2.45) is 5.41 Å². The molecule has 3 aromatic rings. The molecule has 0 bridgehead atoms. The Balaban J connectivity index is 1.64. The van der Waals surface area contributed by atoms with Crippen molar-refractivity contribution in [3.05, 3.63) is 163 Å². The molecule has 0 radical (unpaired) electrons. The summed E-state index contributed by atoms with van der Waals surface area (Å²) in [6.45, 7) is 30.9. The zero-order valence-electron chi connectivity index (χ0n) is 40.5. The molecule has 18 heteroatoms. The van der Waals surface area contributed by atoms with Gasteiger partial charge in [-0.2, -0.15) is 14.4 Å². The van der Waals surface area contributed by atoms with Gasteiger partial charge in [0, 0.05) is 0 Å². The van der Waals surface area contributed by atoms with Crippen LogP contribution in [0.5, 0.6) is 0 Å². The van der Waals surface area contributed by atoms with Crippen LogP contribution in [0, 0.1) is 5.41 Å². The van der Waals surface area contributed by atoms with Crippen molar-refractivity contribution in [2.45, 2.75) is 77.9 Å². The number of benzene rings is 3. The lowest BCUT2D eigenvalue weighted by Crippen LogP contribution is -2.43. The number of hydrogen-bond donors (Lipinski definition) is 0. The van der Waals surface area contributed by atoms with Gasteiger partial charge in [-0.3, -0.25) is 0 Å².